The Balaban J connectivity index is 2.18. The quantitative estimate of drug-likeness (QED) is 0.753. The van der Waals surface area contributed by atoms with Gasteiger partial charge in [0.15, 0.2) is 0 Å². The smallest absolute Gasteiger partial charge is 0.264 e. The second-order valence-electron chi connectivity index (χ2n) is 4.88. The van der Waals surface area contributed by atoms with E-state index >= 15 is 0 Å². The van der Waals surface area contributed by atoms with Gasteiger partial charge in [-0.3, -0.25) is 9.10 Å². The van der Waals surface area contributed by atoms with Gasteiger partial charge in [-0.15, -0.1) is 0 Å². The van der Waals surface area contributed by atoms with E-state index in [2.05, 4.69) is 0 Å². The molecule has 1 heterocycles. The Hall–Kier alpha value is -2.11. The zero-order chi connectivity index (χ0) is 15.9. The summed E-state index contributed by atoms with van der Waals surface area (Å²) in [6.45, 7) is 0. The minimum absolute atomic E-state index is 0.0377. The number of likely N-dealkylation sites (N-methyl/N-ethyl adjacent to an activating group) is 1. The number of carbonyl (C=O) groups is 1. The molecule has 0 saturated carbocycles. The van der Waals surface area contributed by atoms with Crippen molar-refractivity contribution in [1.29, 1.82) is 0 Å². The molecular formula is C16H12ClNO3S. The molecule has 0 saturated heterocycles. The lowest BCUT2D eigenvalue weighted by Crippen LogP contribution is -2.36. The first-order valence-corrected chi connectivity index (χ1v) is 8.33. The van der Waals surface area contributed by atoms with Gasteiger partial charge in [0, 0.05) is 17.6 Å². The van der Waals surface area contributed by atoms with Gasteiger partial charge in [0.25, 0.3) is 10.0 Å². The molecule has 0 unspecified atom stereocenters. The van der Waals surface area contributed by atoms with Gasteiger partial charge >= 0.3 is 0 Å². The summed E-state index contributed by atoms with van der Waals surface area (Å²) in [5.74, 6) is -0.317. The van der Waals surface area contributed by atoms with E-state index in [1.54, 1.807) is 42.5 Å². The molecule has 1 aliphatic rings. The number of benzene rings is 2. The molecule has 6 heteroatoms. The van der Waals surface area contributed by atoms with Crippen molar-refractivity contribution in [2.45, 2.75) is 4.90 Å². The highest BCUT2D eigenvalue weighted by molar-refractivity contribution is 7.89. The van der Waals surface area contributed by atoms with E-state index in [-0.39, 0.29) is 21.9 Å². The average Bonchev–Trinajstić information content (AvgIpc) is 2.52. The van der Waals surface area contributed by atoms with Crippen molar-refractivity contribution in [2.24, 2.45) is 0 Å². The Kier molecular flexibility index (Phi) is 3.54. The van der Waals surface area contributed by atoms with E-state index in [4.69, 9.17) is 11.6 Å². The first-order valence-electron chi connectivity index (χ1n) is 6.51. The topological polar surface area (TPSA) is 54.5 Å². The number of rotatable bonds is 1. The summed E-state index contributed by atoms with van der Waals surface area (Å²) in [4.78, 5) is 12.6. The second kappa shape index (κ2) is 5.26. The van der Waals surface area contributed by atoms with Crippen molar-refractivity contribution in [1.82, 2.24) is 4.31 Å². The van der Waals surface area contributed by atoms with E-state index < -0.39 is 10.0 Å². The predicted molar refractivity (Wildman–Crippen MR) is 85.2 cm³/mol. The first kappa shape index (κ1) is 14.8. The van der Waals surface area contributed by atoms with Crippen LogP contribution in [0.3, 0.4) is 0 Å². The molecule has 2 aromatic carbocycles. The molecule has 0 fully saturated rings. The predicted octanol–water partition coefficient (Wildman–Crippen LogP) is 3.20. The zero-order valence-electron chi connectivity index (χ0n) is 11.7. The van der Waals surface area contributed by atoms with Gasteiger partial charge in [0.1, 0.15) is 5.70 Å². The number of hydrogen-bond donors (Lipinski definition) is 0. The van der Waals surface area contributed by atoms with Crippen LogP contribution in [0, 0.1) is 0 Å². The molecule has 22 heavy (non-hydrogen) atoms. The van der Waals surface area contributed by atoms with E-state index in [1.165, 1.54) is 19.2 Å². The summed E-state index contributed by atoms with van der Waals surface area (Å²) in [6.07, 6.45) is 1.55. The van der Waals surface area contributed by atoms with Crippen molar-refractivity contribution in [3.8, 4) is 0 Å². The van der Waals surface area contributed by atoms with Gasteiger partial charge in [-0.25, -0.2) is 8.42 Å². The molecule has 2 aromatic rings. The maximum Gasteiger partial charge on any atom is 0.264 e. The van der Waals surface area contributed by atoms with Gasteiger partial charge in [-0.2, -0.15) is 0 Å². The molecular weight excluding hydrogens is 322 g/mol. The summed E-state index contributed by atoms with van der Waals surface area (Å²) in [5, 5.41) is 0.573. The summed E-state index contributed by atoms with van der Waals surface area (Å²) in [5.41, 5.74) is 1.01. The lowest BCUT2D eigenvalue weighted by Gasteiger charge is -2.27. The number of carbonyl (C=O) groups excluding carboxylic acids is 1. The normalized spacial score (nSPS) is 18.4. The SMILES string of the molecule is CN1/C(=C\c2ccc(Cl)cc2)C(=O)c2ccccc2S1(=O)=O. The fourth-order valence-electron chi connectivity index (χ4n) is 2.31. The summed E-state index contributed by atoms with van der Waals surface area (Å²) in [6, 6.07) is 13.0. The van der Waals surface area contributed by atoms with Gasteiger partial charge in [-0.1, -0.05) is 35.9 Å². The van der Waals surface area contributed by atoms with Crippen molar-refractivity contribution in [2.75, 3.05) is 7.05 Å². The molecule has 0 bridgehead atoms. The number of ketones is 1. The van der Waals surface area contributed by atoms with Crippen LogP contribution in [-0.4, -0.2) is 25.6 Å². The molecule has 0 N–H and O–H groups in total. The molecule has 0 atom stereocenters. The summed E-state index contributed by atoms with van der Waals surface area (Å²) >= 11 is 5.83. The van der Waals surface area contributed by atoms with Crippen LogP contribution in [-0.2, 0) is 10.0 Å². The van der Waals surface area contributed by atoms with E-state index in [0.717, 1.165) is 4.31 Å². The van der Waals surface area contributed by atoms with Gasteiger partial charge in [0.2, 0.25) is 5.78 Å². The van der Waals surface area contributed by atoms with E-state index in [0.29, 0.717) is 10.6 Å². The van der Waals surface area contributed by atoms with Crippen molar-refractivity contribution in [3.63, 3.8) is 0 Å². The molecule has 1 aliphatic heterocycles. The number of sulfonamides is 1. The molecule has 0 radical (unpaired) electrons. The standard InChI is InChI=1S/C16H12ClNO3S/c1-18-14(10-11-6-8-12(17)9-7-11)16(19)13-4-2-3-5-15(13)22(18,20)21/h2-10H,1H3/b14-10-. The van der Waals surface area contributed by atoms with E-state index in [9.17, 15) is 13.2 Å². The fourth-order valence-corrected chi connectivity index (χ4v) is 3.82. The Morgan fingerprint density at radius 2 is 1.68 bits per heavy atom. The first-order chi connectivity index (χ1) is 10.4. The molecule has 0 amide bonds. The maximum absolute atomic E-state index is 12.6. The number of hydrogen-bond acceptors (Lipinski definition) is 3. The highest BCUT2D eigenvalue weighted by Crippen LogP contribution is 2.31. The van der Waals surface area contributed by atoms with Crippen LogP contribution in [0.1, 0.15) is 15.9 Å². The fraction of sp³-hybridized carbons (Fsp3) is 0.0625. The van der Waals surface area contributed by atoms with Gasteiger partial charge in [-0.05, 0) is 35.9 Å². The average molecular weight is 334 g/mol. The zero-order valence-corrected chi connectivity index (χ0v) is 13.2. The molecule has 0 spiro atoms. The molecule has 0 aromatic heterocycles. The third-order valence-electron chi connectivity index (χ3n) is 3.52. The molecule has 4 nitrogen and oxygen atoms in total. The minimum Gasteiger partial charge on any atom is -0.287 e. The van der Waals surface area contributed by atoms with Crippen LogP contribution in [0.25, 0.3) is 6.08 Å². The third-order valence-corrected chi connectivity index (χ3v) is 5.60. The molecule has 112 valence electrons. The largest absolute Gasteiger partial charge is 0.287 e. The van der Waals surface area contributed by atoms with Gasteiger partial charge < -0.3 is 0 Å². The number of allylic oxidation sites excluding steroid dienone is 1. The highest BCUT2D eigenvalue weighted by Gasteiger charge is 2.36. The Morgan fingerprint density at radius 1 is 1.05 bits per heavy atom. The monoisotopic (exact) mass is 333 g/mol. The number of halogens is 1. The number of nitrogens with zero attached hydrogens (tertiary/aromatic N) is 1. The highest BCUT2D eigenvalue weighted by atomic mass is 35.5. The number of fused-ring (bicyclic) bond motifs is 1. The number of Topliss-reactive ketones (excluding diaryl/α,β-unsaturated/α-hetero) is 1. The van der Waals surface area contributed by atoms with Crippen LogP contribution in [0.5, 0.6) is 0 Å². The molecule has 0 aliphatic carbocycles. The lowest BCUT2D eigenvalue weighted by molar-refractivity contribution is 0.101. The summed E-state index contributed by atoms with van der Waals surface area (Å²) < 4.78 is 26.1. The van der Waals surface area contributed by atoms with Crippen LogP contribution >= 0.6 is 11.6 Å². The van der Waals surface area contributed by atoms with Crippen LogP contribution < -0.4 is 0 Å². The van der Waals surface area contributed by atoms with Crippen molar-refractivity contribution >= 4 is 33.5 Å². The van der Waals surface area contributed by atoms with Crippen LogP contribution in [0.4, 0.5) is 0 Å². The van der Waals surface area contributed by atoms with Crippen LogP contribution in [0.15, 0.2) is 59.1 Å². The minimum atomic E-state index is -3.71. The Bertz CT molecular complexity index is 886. The van der Waals surface area contributed by atoms with Crippen molar-refractivity contribution < 1.29 is 13.2 Å². The van der Waals surface area contributed by atoms with E-state index in [1.807, 2.05) is 0 Å². The van der Waals surface area contributed by atoms with Crippen molar-refractivity contribution in [3.05, 3.63) is 70.4 Å². The molecule has 3 rings (SSSR count). The lowest BCUT2D eigenvalue weighted by atomic mass is 10.1. The summed E-state index contributed by atoms with van der Waals surface area (Å²) in [7, 11) is -2.33. The second-order valence-corrected chi connectivity index (χ2v) is 7.25. The van der Waals surface area contributed by atoms with Gasteiger partial charge in [0.05, 0.1) is 4.90 Å². The third kappa shape index (κ3) is 2.32. The maximum atomic E-state index is 12.6. The van der Waals surface area contributed by atoms with Crippen LogP contribution in [0.2, 0.25) is 5.02 Å². The Morgan fingerprint density at radius 3 is 2.36 bits per heavy atom. The Labute approximate surface area is 133 Å².